The molecule has 0 bridgehead atoms. The standard InChI is InChI=1S/C26H28ClN3O/c1-18(21-8-10-22(11-9-21)19(2)31)29-26-25-23(12-14-28-26)6-4-15-30(25)16-13-20-5-3-7-24(27)17-20/h3,5,7-12,14,17-18,31H,2,4,6,13,15-16H2,1H3,(H,28,29). The Morgan fingerprint density at radius 3 is 2.77 bits per heavy atom. The molecule has 2 heterocycles. The topological polar surface area (TPSA) is 48.4 Å². The van der Waals surface area contributed by atoms with Crippen molar-refractivity contribution in [1.29, 1.82) is 0 Å². The van der Waals surface area contributed by atoms with E-state index in [1.54, 1.807) is 0 Å². The number of pyridine rings is 1. The van der Waals surface area contributed by atoms with Crippen molar-refractivity contribution in [3.63, 3.8) is 0 Å². The highest BCUT2D eigenvalue weighted by Crippen LogP contribution is 2.35. The van der Waals surface area contributed by atoms with Crippen LogP contribution in [0.25, 0.3) is 5.76 Å². The number of hydrogen-bond donors (Lipinski definition) is 2. The Balaban J connectivity index is 1.53. The van der Waals surface area contributed by atoms with E-state index in [2.05, 4.69) is 35.9 Å². The van der Waals surface area contributed by atoms with E-state index >= 15 is 0 Å². The van der Waals surface area contributed by atoms with Gasteiger partial charge in [0.05, 0.1) is 11.7 Å². The Bertz CT molecular complexity index is 1060. The highest BCUT2D eigenvalue weighted by Gasteiger charge is 2.22. The Kier molecular flexibility index (Phi) is 6.47. The smallest absolute Gasteiger partial charge is 0.150 e. The normalized spacial score (nSPS) is 14.1. The summed E-state index contributed by atoms with van der Waals surface area (Å²) in [5, 5.41) is 14.0. The lowest BCUT2D eigenvalue weighted by Crippen LogP contribution is -2.32. The van der Waals surface area contributed by atoms with Crippen molar-refractivity contribution in [2.75, 3.05) is 23.3 Å². The van der Waals surface area contributed by atoms with E-state index in [0.29, 0.717) is 0 Å². The minimum absolute atomic E-state index is 0.0803. The lowest BCUT2D eigenvalue weighted by molar-refractivity contribution is 0.514. The van der Waals surface area contributed by atoms with E-state index in [0.717, 1.165) is 54.3 Å². The average molecular weight is 434 g/mol. The van der Waals surface area contributed by atoms with Gasteiger partial charge in [0.25, 0.3) is 0 Å². The van der Waals surface area contributed by atoms with Gasteiger partial charge in [0.15, 0.2) is 0 Å². The van der Waals surface area contributed by atoms with Crippen LogP contribution >= 0.6 is 11.6 Å². The third kappa shape index (κ3) is 5.02. The van der Waals surface area contributed by atoms with Crippen molar-refractivity contribution in [2.45, 2.75) is 32.2 Å². The molecule has 2 N–H and O–H groups in total. The lowest BCUT2D eigenvalue weighted by Gasteiger charge is -2.33. The molecular formula is C26H28ClN3O. The van der Waals surface area contributed by atoms with Crippen molar-refractivity contribution in [2.24, 2.45) is 0 Å². The predicted molar refractivity (Wildman–Crippen MR) is 130 cm³/mol. The van der Waals surface area contributed by atoms with E-state index in [4.69, 9.17) is 16.6 Å². The lowest BCUT2D eigenvalue weighted by atomic mass is 10.0. The Labute approximate surface area is 189 Å². The molecule has 0 amide bonds. The number of benzene rings is 2. The van der Waals surface area contributed by atoms with Gasteiger partial charge in [-0.25, -0.2) is 4.98 Å². The van der Waals surface area contributed by atoms with Gasteiger partial charge in [0, 0.05) is 29.9 Å². The SMILES string of the molecule is C=C(O)c1ccc(C(C)Nc2nccc3c2N(CCc2cccc(Cl)c2)CCC3)cc1. The maximum absolute atomic E-state index is 9.57. The van der Waals surface area contributed by atoms with Crippen LogP contribution in [0.2, 0.25) is 5.02 Å². The fourth-order valence-corrected chi connectivity index (χ4v) is 4.37. The molecule has 3 aromatic rings. The first-order valence-electron chi connectivity index (χ1n) is 10.7. The molecule has 5 heteroatoms. The van der Waals surface area contributed by atoms with Crippen molar-refractivity contribution >= 4 is 28.9 Å². The van der Waals surface area contributed by atoms with E-state index in [9.17, 15) is 5.11 Å². The van der Waals surface area contributed by atoms with Gasteiger partial charge in [-0.15, -0.1) is 0 Å². The van der Waals surface area contributed by atoms with E-state index in [1.165, 1.54) is 16.8 Å². The van der Waals surface area contributed by atoms with Gasteiger partial charge in [-0.1, -0.05) is 54.6 Å². The van der Waals surface area contributed by atoms with Crippen LogP contribution in [-0.2, 0) is 12.8 Å². The molecular weight excluding hydrogens is 406 g/mol. The molecule has 0 radical (unpaired) electrons. The zero-order valence-electron chi connectivity index (χ0n) is 17.8. The number of rotatable bonds is 7. The van der Waals surface area contributed by atoms with Crippen LogP contribution in [0.4, 0.5) is 11.5 Å². The highest BCUT2D eigenvalue weighted by atomic mass is 35.5. The first-order chi connectivity index (χ1) is 15.0. The second kappa shape index (κ2) is 9.44. The van der Waals surface area contributed by atoms with Gasteiger partial charge >= 0.3 is 0 Å². The first kappa shape index (κ1) is 21.3. The van der Waals surface area contributed by atoms with E-state index < -0.39 is 0 Å². The number of aromatic nitrogens is 1. The average Bonchev–Trinajstić information content (AvgIpc) is 2.78. The summed E-state index contributed by atoms with van der Waals surface area (Å²) in [4.78, 5) is 7.14. The van der Waals surface area contributed by atoms with Crippen LogP contribution in [0.15, 0.2) is 67.4 Å². The van der Waals surface area contributed by atoms with E-state index in [1.807, 2.05) is 48.7 Å². The highest BCUT2D eigenvalue weighted by molar-refractivity contribution is 6.30. The Hall–Kier alpha value is -2.98. The number of nitrogens with one attached hydrogen (secondary N) is 1. The van der Waals surface area contributed by atoms with Gasteiger partial charge < -0.3 is 15.3 Å². The van der Waals surface area contributed by atoms with Crippen LogP contribution in [-0.4, -0.2) is 23.2 Å². The molecule has 0 saturated heterocycles. The monoisotopic (exact) mass is 433 g/mol. The van der Waals surface area contributed by atoms with Crippen LogP contribution in [0.1, 0.15) is 41.6 Å². The maximum atomic E-state index is 9.57. The number of nitrogens with zero attached hydrogens (tertiary/aromatic N) is 2. The molecule has 0 saturated carbocycles. The maximum Gasteiger partial charge on any atom is 0.150 e. The summed E-state index contributed by atoms with van der Waals surface area (Å²) in [6, 6.07) is 18.1. The summed E-state index contributed by atoms with van der Waals surface area (Å²) < 4.78 is 0. The van der Waals surface area contributed by atoms with Crippen molar-refractivity contribution in [3.8, 4) is 0 Å². The summed E-state index contributed by atoms with van der Waals surface area (Å²) in [5.74, 6) is 1.01. The fraction of sp³-hybridized carbons (Fsp3) is 0.269. The minimum atomic E-state index is 0.0803. The number of fused-ring (bicyclic) bond motifs is 1. The van der Waals surface area contributed by atoms with Crippen molar-refractivity contribution in [1.82, 2.24) is 4.98 Å². The second-order valence-electron chi connectivity index (χ2n) is 8.07. The predicted octanol–water partition coefficient (Wildman–Crippen LogP) is 6.43. The third-order valence-electron chi connectivity index (χ3n) is 5.85. The van der Waals surface area contributed by atoms with Crippen LogP contribution < -0.4 is 10.2 Å². The Morgan fingerprint density at radius 1 is 1.23 bits per heavy atom. The fourth-order valence-electron chi connectivity index (χ4n) is 4.16. The summed E-state index contributed by atoms with van der Waals surface area (Å²) in [6.45, 7) is 7.66. The van der Waals surface area contributed by atoms with Gasteiger partial charge in [0.1, 0.15) is 11.6 Å². The molecule has 1 aliphatic heterocycles. The summed E-state index contributed by atoms with van der Waals surface area (Å²) in [7, 11) is 0. The molecule has 2 aromatic carbocycles. The summed E-state index contributed by atoms with van der Waals surface area (Å²) >= 11 is 6.16. The van der Waals surface area contributed by atoms with Gasteiger partial charge in [0.2, 0.25) is 0 Å². The number of anilines is 2. The van der Waals surface area contributed by atoms with Gasteiger partial charge in [-0.05, 0) is 61.1 Å². The molecule has 0 fully saturated rings. The number of aliphatic hydroxyl groups excluding tert-OH is 1. The van der Waals surface area contributed by atoms with Gasteiger partial charge in [-0.3, -0.25) is 0 Å². The number of aryl methyl sites for hydroxylation is 1. The largest absolute Gasteiger partial charge is 0.508 e. The number of hydrogen-bond acceptors (Lipinski definition) is 4. The van der Waals surface area contributed by atoms with Crippen molar-refractivity contribution < 1.29 is 5.11 Å². The Morgan fingerprint density at radius 2 is 2.03 bits per heavy atom. The molecule has 0 spiro atoms. The van der Waals surface area contributed by atoms with Gasteiger partial charge in [-0.2, -0.15) is 0 Å². The molecule has 4 nitrogen and oxygen atoms in total. The molecule has 4 rings (SSSR count). The zero-order chi connectivity index (χ0) is 21.8. The number of aliphatic hydroxyl groups is 1. The first-order valence-corrected chi connectivity index (χ1v) is 11.1. The van der Waals surface area contributed by atoms with Crippen molar-refractivity contribution in [3.05, 3.63) is 94.6 Å². The zero-order valence-corrected chi connectivity index (χ0v) is 18.6. The van der Waals surface area contributed by atoms with Crippen LogP contribution in [0, 0.1) is 0 Å². The van der Waals surface area contributed by atoms with Crippen LogP contribution in [0.3, 0.4) is 0 Å². The molecule has 31 heavy (non-hydrogen) atoms. The van der Waals surface area contributed by atoms with Crippen LogP contribution in [0.5, 0.6) is 0 Å². The van der Waals surface area contributed by atoms with E-state index in [-0.39, 0.29) is 11.8 Å². The molecule has 1 aromatic heterocycles. The summed E-state index contributed by atoms with van der Waals surface area (Å²) in [5.41, 5.74) is 5.66. The quantitative estimate of drug-likeness (QED) is 0.421. The summed E-state index contributed by atoms with van der Waals surface area (Å²) in [6.07, 6.45) is 5.06. The minimum Gasteiger partial charge on any atom is -0.508 e. The molecule has 1 aliphatic rings. The third-order valence-corrected chi connectivity index (χ3v) is 6.09. The molecule has 1 unspecified atom stereocenters. The second-order valence-corrected chi connectivity index (χ2v) is 8.51. The molecule has 1 atom stereocenters. The number of halogens is 1. The molecule has 160 valence electrons. The molecule has 0 aliphatic carbocycles.